The molecule has 2 aliphatic rings. The fraction of sp³-hybridized carbons (Fsp3) is 0.769. The Morgan fingerprint density at radius 1 is 1.12 bits per heavy atom. The number of fused-ring (bicyclic) bond motifs is 1. The Kier molecular flexibility index (Phi) is 3.32. The molecule has 3 nitrogen and oxygen atoms in total. The van der Waals surface area contributed by atoms with Crippen molar-refractivity contribution in [3.63, 3.8) is 0 Å². The van der Waals surface area contributed by atoms with Crippen LogP contribution in [0, 0.1) is 15.4 Å². The molecule has 3 atom stereocenters. The minimum atomic E-state index is 0.561. The molecule has 2 fully saturated rings. The maximum atomic E-state index is 5.77. The van der Waals surface area contributed by atoms with Gasteiger partial charge in [0.05, 0.1) is 3.57 Å². The van der Waals surface area contributed by atoms with E-state index in [1.807, 2.05) is 0 Å². The van der Waals surface area contributed by atoms with Gasteiger partial charge in [-0.15, -0.1) is 0 Å². The molecule has 94 valence electrons. The molecule has 1 heterocycles. The standard InChI is InChI=1S/C13H19IN2O/c14-11-12(17-16-13(11)15)10-6-5-8-3-1-2-4-9(8)7-10/h8-10H,1-7H2,(H2,15,16). The molecule has 2 saturated carbocycles. The van der Waals surface area contributed by atoms with Crippen LogP contribution in [-0.2, 0) is 0 Å². The van der Waals surface area contributed by atoms with Gasteiger partial charge >= 0.3 is 0 Å². The summed E-state index contributed by atoms with van der Waals surface area (Å²) in [4.78, 5) is 0. The van der Waals surface area contributed by atoms with Crippen molar-refractivity contribution in [3.8, 4) is 0 Å². The summed E-state index contributed by atoms with van der Waals surface area (Å²) in [5.74, 6) is 4.08. The monoisotopic (exact) mass is 346 g/mol. The fourth-order valence-corrected chi connectivity index (χ4v) is 4.31. The molecule has 1 aromatic rings. The predicted octanol–water partition coefficient (Wildman–Crippen LogP) is 3.94. The number of anilines is 1. The molecule has 0 spiro atoms. The third-order valence-corrected chi connectivity index (χ3v) is 5.68. The predicted molar refractivity (Wildman–Crippen MR) is 75.7 cm³/mol. The molecule has 0 aromatic carbocycles. The summed E-state index contributed by atoms with van der Waals surface area (Å²) >= 11 is 2.27. The Bertz CT molecular complexity index is 404. The van der Waals surface area contributed by atoms with Crippen LogP contribution in [0.5, 0.6) is 0 Å². The number of hydrogen-bond donors (Lipinski definition) is 1. The van der Waals surface area contributed by atoms with Crippen molar-refractivity contribution in [3.05, 3.63) is 9.33 Å². The second-order valence-electron chi connectivity index (χ2n) is 5.56. The first kappa shape index (κ1) is 11.8. The summed E-state index contributed by atoms with van der Waals surface area (Å²) in [6.07, 6.45) is 9.64. The van der Waals surface area contributed by atoms with Gasteiger partial charge in [-0.1, -0.05) is 30.8 Å². The van der Waals surface area contributed by atoms with Crippen LogP contribution in [0.3, 0.4) is 0 Å². The van der Waals surface area contributed by atoms with Gasteiger partial charge in [0.25, 0.3) is 0 Å². The molecular formula is C13H19IN2O. The lowest BCUT2D eigenvalue weighted by molar-refractivity contribution is 0.144. The molecule has 1 aromatic heterocycles. The van der Waals surface area contributed by atoms with E-state index in [-0.39, 0.29) is 0 Å². The van der Waals surface area contributed by atoms with E-state index in [1.165, 1.54) is 44.9 Å². The van der Waals surface area contributed by atoms with Crippen LogP contribution >= 0.6 is 22.6 Å². The van der Waals surface area contributed by atoms with Gasteiger partial charge in [0, 0.05) is 5.92 Å². The minimum Gasteiger partial charge on any atom is -0.380 e. The van der Waals surface area contributed by atoms with E-state index in [0.717, 1.165) is 21.2 Å². The summed E-state index contributed by atoms with van der Waals surface area (Å²) in [7, 11) is 0. The van der Waals surface area contributed by atoms with Crippen molar-refractivity contribution in [2.24, 2.45) is 11.8 Å². The summed E-state index contributed by atoms with van der Waals surface area (Å²) < 4.78 is 6.48. The van der Waals surface area contributed by atoms with Gasteiger partial charge < -0.3 is 10.3 Å². The number of aromatic nitrogens is 1. The lowest BCUT2D eigenvalue weighted by Crippen LogP contribution is -2.26. The molecule has 0 amide bonds. The highest BCUT2D eigenvalue weighted by atomic mass is 127. The van der Waals surface area contributed by atoms with Gasteiger partial charge in [-0.3, -0.25) is 0 Å². The van der Waals surface area contributed by atoms with Crippen LogP contribution in [0.1, 0.15) is 56.6 Å². The molecule has 0 bridgehead atoms. The quantitative estimate of drug-likeness (QED) is 0.784. The Labute approximate surface area is 116 Å². The van der Waals surface area contributed by atoms with E-state index >= 15 is 0 Å². The second kappa shape index (κ2) is 4.78. The van der Waals surface area contributed by atoms with Crippen molar-refractivity contribution >= 4 is 28.4 Å². The molecular weight excluding hydrogens is 327 g/mol. The molecule has 0 radical (unpaired) electrons. The maximum absolute atomic E-state index is 5.77. The first-order valence-electron chi connectivity index (χ1n) is 6.66. The van der Waals surface area contributed by atoms with Crippen molar-refractivity contribution in [2.75, 3.05) is 5.73 Å². The Balaban J connectivity index is 1.75. The molecule has 17 heavy (non-hydrogen) atoms. The van der Waals surface area contributed by atoms with Crippen molar-refractivity contribution in [2.45, 2.75) is 50.9 Å². The molecule has 2 aliphatic carbocycles. The first-order valence-corrected chi connectivity index (χ1v) is 7.74. The van der Waals surface area contributed by atoms with Crippen LogP contribution in [0.4, 0.5) is 5.82 Å². The number of hydrogen-bond acceptors (Lipinski definition) is 3. The highest BCUT2D eigenvalue weighted by Crippen LogP contribution is 2.47. The topological polar surface area (TPSA) is 52.0 Å². The summed E-state index contributed by atoms with van der Waals surface area (Å²) in [5, 5.41) is 3.89. The van der Waals surface area contributed by atoms with E-state index in [2.05, 4.69) is 27.7 Å². The van der Waals surface area contributed by atoms with Gasteiger partial charge in [-0.2, -0.15) is 0 Å². The van der Waals surface area contributed by atoms with Gasteiger partial charge in [-0.05, 0) is 53.7 Å². The van der Waals surface area contributed by atoms with E-state index in [0.29, 0.717) is 11.7 Å². The zero-order valence-corrected chi connectivity index (χ0v) is 12.2. The summed E-state index contributed by atoms with van der Waals surface area (Å²) in [6, 6.07) is 0. The number of nitrogen functional groups attached to an aromatic ring is 1. The third-order valence-electron chi connectivity index (χ3n) is 4.59. The highest BCUT2D eigenvalue weighted by Gasteiger charge is 2.35. The Morgan fingerprint density at radius 2 is 1.88 bits per heavy atom. The Hall–Kier alpha value is -0.260. The van der Waals surface area contributed by atoms with E-state index in [1.54, 1.807) is 0 Å². The normalized spacial score (nSPS) is 33.4. The van der Waals surface area contributed by atoms with Crippen LogP contribution in [0.15, 0.2) is 4.52 Å². The smallest absolute Gasteiger partial charge is 0.180 e. The zero-order valence-electron chi connectivity index (χ0n) is 9.99. The average molecular weight is 346 g/mol. The van der Waals surface area contributed by atoms with Gasteiger partial charge in [0.1, 0.15) is 0 Å². The molecule has 0 aliphatic heterocycles. The second-order valence-corrected chi connectivity index (χ2v) is 6.64. The van der Waals surface area contributed by atoms with E-state index in [4.69, 9.17) is 10.3 Å². The van der Waals surface area contributed by atoms with E-state index in [9.17, 15) is 0 Å². The molecule has 3 unspecified atom stereocenters. The summed E-state index contributed by atoms with van der Waals surface area (Å²) in [6.45, 7) is 0. The number of rotatable bonds is 1. The number of nitrogens with two attached hydrogens (primary N) is 1. The summed E-state index contributed by atoms with van der Waals surface area (Å²) in [5.41, 5.74) is 5.77. The maximum Gasteiger partial charge on any atom is 0.180 e. The van der Waals surface area contributed by atoms with Crippen LogP contribution in [0.2, 0.25) is 0 Å². The third kappa shape index (κ3) is 2.20. The number of nitrogens with zero attached hydrogens (tertiary/aromatic N) is 1. The minimum absolute atomic E-state index is 0.561. The van der Waals surface area contributed by atoms with Gasteiger partial charge in [0.15, 0.2) is 11.6 Å². The van der Waals surface area contributed by atoms with Crippen LogP contribution in [0.25, 0.3) is 0 Å². The lowest BCUT2D eigenvalue weighted by Gasteiger charge is -2.38. The van der Waals surface area contributed by atoms with Crippen LogP contribution in [-0.4, -0.2) is 5.16 Å². The van der Waals surface area contributed by atoms with Crippen molar-refractivity contribution < 1.29 is 4.52 Å². The fourth-order valence-electron chi connectivity index (χ4n) is 3.67. The number of halogens is 1. The van der Waals surface area contributed by atoms with Crippen LogP contribution < -0.4 is 5.73 Å². The SMILES string of the molecule is Nc1noc(C2CCC3CCCCC3C2)c1I. The van der Waals surface area contributed by atoms with Crippen molar-refractivity contribution in [1.82, 2.24) is 5.16 Å². The highest BCUT2D eigenvalue weighted by molar-refractivity contribution is 14.1. The van der Waals surface area contributed by atoms with E-state index < -0.39 is 0 Å². The average Bonchev–Trinajstić information content (AvgIpc) is 2.70. The van der Waals surface area contributed by atoms with Crippen molar-refractivity contribution in [1.29, 1.82) is 0 Å². The lowest BCUT2D eigenvalue weighted by atomic mass is 9.67. The zero-order chi connectivity index (χ0) is 11.8. The van der Waals surface area contributed by atoms with Gasteiger partial charge in [0.2, 0.25) is 0 Å². The molecule has 3 rings (SSSR count). The first-order chi connectivity index (χ1) is 8.25. The molecule has 2 N–H and O–H groups in total. The molecule has 4 heteroatoms. The molecule has 0 saturated heterocycles. The Morgan fingerprint density at radius 3 is 2.59 bits per heavy atom. The largest absolute Gasteiger partial charge is 0.380 e. The van der Waals surface area contributed by atoms with Gasteiger partial charge in [-0.25, -0.2) is 0 Å².